The predicted molar refractivity (Wildman–Crippen MR) is 98.4 cm³/mol. The Balaban J connectivity index is 1.64. The lowest BCUT2D eigenvalue weighted by atomic mass is 10.2. The van der Waals surface area contributed by atoms with Crippen LogP contribution in [0.3, 0.4) is 0 Å². The molecule has 0 spiro atoms. The van der Waals surface area contributed by atoms with Gasteiger partial charge in [-0.3, -0.25) is 0 Å². The van der Waals surface area contributed by atoms with Gasteiger partial charge in [-0.1, -0.05) is 35.9 Å². The van der Waals surface area contributed by atoms with Crippen LogP contribution in [0.5, 0.6) is 11.5 Å². The normalized spacial score (nSPS) is 17.2. The van der Waals surface area contributed by atoms with E-state index in [2.05, 4.69) is 0 Å². The summed E-state index contributed by atoms with van der Waals surface area (Å²) in [6, 6.07) is 14.3. The van der Waals surface area contributed by atoms with E-state index < -0.39 is 10.0 Å². The minimum absolute atomic E-state index is 0.196. The summed E-state index contributed by atoms with van der Waals surface area (Å²) < 4.78 is 37.5. The van der Waals surface area contributed by atoms with Crippen LogP contribution in [0, 0.1) is 0 Å². The third-order valence-electron chi connectivity index (χ3n) is 3.77. The first kappa shape index (κ1) is 17.8. The highest BCUT2D eigenvalue weighted by Crippen LogP contribution is 2.31. The van der Waals surface area contributed by atoms with Crippen molar-refractivity contribution in [2.45, 2.75) is 6.10 Å². The van der Waals surface area contributed by atoms with Crippen molar-refractivity contribution < 1.29 is 17.9 Å². The number of fused-ring (bicyclic) bond motifs is 1. The Labute approximate surface area is 152 Å². The van der Waals surface area contributed by atoms with E-state index >= 15 is 0 Å². The molecule has 0 radical (unpaired) electrons. The Kier molecular flexibility index (Phi) is 5.32. The lowest BCUT2D eigenvalue weighted by molar-refractivity contribution is 0.0800. The maximum Gasteiger partial charge on any atom is 0.236 e. The van der Waals surface area contributed by atoms with Crippen LogP contribution in [0.25, 0.3) is 6.08 Å². The molecule has 0 aromatic heterocycles. The molecule has 1 atom stereocenters. The molecule has 0 bridgehead atoms. The number of ether oxygens (including phenoxy) is 2. The third-order valence-corrected chi connectivity index (χ3v) is 5.52. The predicted octanol–water partition coefficient (Wildman–Crippen LogP) is 3.41. The molecule has 0 unspecified atom stereocenters. The number of halogens is 1. The Morgan fingerprint density at radius 2 is 1.84 bits per heavy atom. The summed E-state index contributed by atoms with van der Waals surface area (Å²) >= 11 is 5.82. The number of para-hydroxylation sites is 2. The van der Waals surface area contributed by atoms with E-state index in [1.54, 1.807) is 30.3 Å². The van der Waals surface area contributed by atoms with E-state index in [1.165, 1.54) is 22.8 Å². The van der Waals surface area contributed by atoms with Gasteiger partial charge in [-0.15, -0.1) is 0 Å². The van der Waals surface area contributed by atoms with Crippen LogP contribution in [0.2, 0.25) is 5.02 Å². The van der Waals surface area contributed by atoms with Crippen molar-refractivity contribution in [1.29, 1.82) is 0 Å². The van der Waals surface area contributed by atoms with Crippen molar-refractivity contribution in [2.24, 2.45) is 0 Å². The largest absolute Gasteiger partial charge is 0.486 e. The maximum atomic E-state index is 12.4. The Bertz CT molecular complexity index is 865. The summed E-state index contributed by atoms with van der Waals surface area (Å²) in [6.07, 6.45) is 1.17. The molecular formula is C18H18ClNO4S. The molecule has 2 aromatic carbocycles. The summed E-state index contributed by atoms with van der Waals surface area (Å²) in [5.41, 5.74) is 0.757. The number of benzene rings is 2. The Hall–Kier alpha value is -2.02. The van der Waals surface area contributed by atoms with Gasteiger partial charge in [0.15, 0.2) is 11.5 Å². The van der Waals surface area contributed by atoms with E-state index in [4.69, 9.17) is 21.1 Å². The summed E-state index contributed by atoms with van der Waals surface area (Å²) in [6.45, 7) is 0.499. The van der Waals surface area contributed by atoms with Gasteiger partial charge in [-0.2, -0.15) is 4.31 Å². The maximum absolute atomic E-state index is 12.4. The van der Waals surface area contributed by atoms with E-state index in [0.717, 1.165) is 5.56 Å². The standard InChI is InChI=1S/C18H18ClNO4S/c1-20(12-16-13-23-17-4-2-3-5-18(17)24-16)25(21,22)11-10-14-6-8-15(19)9-7-14/h2-11,16H,12-13H2,1H3/b11-10+/t16-/m0/s1. The van der Waals surface area contributed by atoms with Gasteiger partial charge in [0.1, 0.15) is 12.7 Å². The lowest BCUT2D eigenvalue weighted by Gasteiger charge is -2.28. The topological polar surface area (TPSA) is 55.8 Å². The minimum Gasteiger partial charge on any atom is -0.486 e. The average molecular weight is 380 g/mol. The molecule has 5 nitrogen and oxygen atoms in total. The van der Waals surface area contributed by atoms with E-state index in [-0.39, 0.29) is 12.6 Å². The number of rotatable bonds is 5. The first-order valence-corrected chi connectivity index (χ1v) is 9.61. The number of hydrogen-bond donors (Lipinski definition) is 0. The first-order valence-electron chi connectivity index (χ1n) is 7.72. The highest BCUT2D eigenvalue weighted by Gasteiger charge is 2.25. The second kappa shape index (κ2) is 7.47. The number of hydrogen-bond acceptors (Lipinski definition) is 4. The third kappa shape index (κ3) is 4.54. The minimum atomic E-state index is -3.56. The van der Waals surface area contributed by atoms with Crippen LogP contribution in [0.15, 0.2) is 53.9 Å². The van der Waals surface area contributed by atoms with Crippen molar-refractivity contribution >= 4 is 27.7 Å². The molecule has 25 heavy (non-hydrogen) atoms. The lowest BCUT2D eigenvalue weighted by Crippen LogP contribution is -2.41. The zero-order chi connectivity index (χ0) is 17.9. The monoisotopic (exact) mass is 379 g/mol. The Morgan fingerprint density at radius 3 is 2.56 bits per heavy atom. The molecule has 2 aromatic rings. The second-order valence-corrected chi connectivity index (χ2v) is 8.04. The van der Waals surface area contributed by atoms with E-state index in [9.17, 15) is 8.42 Å². The molecule has 132 valence electrons. The van der Waals surface area contributed by atoms with E-state index in [0.29, 0.717) is 23.1 Å². The first-order chi connectivity index (χ1) is 11.9. The Morgan fingerprint density at radius 1 is 1.16 bits per heavy atom. The molecule has 1 aliphatic rings. The van der Waals surface area contributed by atoms with Crippen LogP contribution < -0.4 is 9.47 Å². The molecule has 0 fully saturated rings. The molecular weight excluding hydrogens is 362 g/mol. The average Bonchev–Trinajstić information content (AvgIpc) is 2.61. The zero-order valence-corrected chi connectivity index (χ0v) is 15.2. The fraction of sp³-hybridized carbons (Fsp3) is 0.222. The SMILES string of the molecule is CN(C[C@H]1COc2ccccc2O1)S(=O)(=O)/C=C/c1ccc(Cl)cc1. The molecule has 1 aliphatic heterocycles. The van der Waals surface area contributed by atoms with Crippen LogP contribution >= 0.6 is 11.6 Å². The van der Waals surface area contributed by atoms with Crippen LogP contribution in [-0.4, -0.2) is 39.0 Å². The quantitative estimate of drug-likeness (QED) is 0.798. The smallest absolute Gasteiger partial charge is 0.236 e. The fourth-order valence-corrected chi connectivity index (χ4v) is 3.42. The van der Waals surface area contributed by atoms with Crippen LogP contribution in [0.1, 0.15) is 5.56 Å². The summed E-state index contributed by atoms with van der Waals surface area (Å²) in [4.78, 5) is 0. The van der Waals surface area contributed by atoms with Gasteiger partial charge >= 0.3 is 0 Å². The number of nitrogens with zero attached hydrogens (tertiary/aromatic N) is 1. The summed E-state index contributed by atoms with van der Waals surface area (Å²) in [5.74, 6) is 1.30. The number of sulfonamides is 1. The highest BCUT2D eigenvalue weighted by atomic mass is 35.5. The zero-order valence-electron chi connectivity index (χ0n) is 13.6. The molecule has 0 amide bonds. The van der Waals surface area contributed by atoms with Gasteiger partial charge in [-0.25, -0.2) is 8.42 Å². The summed E-state index contributed by atoms with van der Waals surface area (Å²) in [5, 5.41) is 1.78. The molecule has 3 rings (SSSR count). The van der Waals surface area contributed by atoms with Gasteiger partial charge in [0, 0.05) is 17.5 Å². The van der Waals surface area contributed by atoms with Gasteiger partial charge in [-0.05, 0) is 35.9 Å². The van der Waals surface area contributed by atoms with E-state index in [1.807, 2.05) is 18.2 Å². The van der Waals surface area contributed by atoms with Crippen molar-refractivity contribution in [3.63, 3.8) is 0 Å². The van der Waals surface area contributed by atoms with Gasteiger partial charge in [0.05, 0.1) is 6.54 Å². The van der Waals surface area contributed by atoms with Crippen LogP contribution in [0.4, 0.5) is 0 Å². The van der Waals surface area contributed by atoms with Crippen molar-refractivity contribution in [2.75, 3.05) is 20.2 Å². The molecule has 0 saturated carbocycles. The second-order valence-electron chi connectivity index (χ2n) is 5.68. The van der Waals surface area contributed by atoms with Gasteiger partial charge in [0.2, 0.25) is 10.0 Å². The summed E-state index contributed by atoms with van der Waals surface area (Å²) in [7, 11) is -2.04. The molecule has 1 heterocycles. The van der Waals surface area contributed by atoms with Crippen LogP contribution in [-0.2, 0) is 10.0 Å². The van der Waals surface area contributed by atoms with Crippen molar-refractivity contribution in [3.05, 3.63) is 64.5 Å². The fourth-order valence-electron chi connectivity index (χ4n) is 2.39. The molecule has 0 aliphatic carbocycles. The number of likely N-dealkylation sites (N-methyl/N-ethyl adjacent to an activating group) is 1. The molecule has 7 heteroatoms. The molecule has 0 saturated heterocycles. The van der Waals surface area contributed by atoms with Crippen molar-refractivity contribution in [1.82, 2.24) is 4.31 Å². The van der Waals surface area contributed by atoms with Gasteiger partial charge in [0.25, 0.3) is 0 Å². The highest BCUT2D eigenvalue weighted by molar-refractivity contribution is 7.92. The molecule has 0 N–H and O–H groups in total. The van der Waals surface area contributed by atoms with Gasteiger partial charge < -0.3 is 9.47 Å². The van der Waals surface area contributed by atoms with Crippen molar-refractivity contribution in [3.8, 4) is 11.5 Å².